The lowest BCUT2D eigenvalue weighted by Crippen LogP contribution is -2.40. The standard InChI is InChI=1S/C25H28ClN3O3S/c1-5-11-28(19-6-9-23-18(13-19)10-12-27(23)15-24(30)32-4)29-16-33-17(2)25(29)21-8-7-20(31-3)14-22(21)26/h6-10,12-14H,5,11,15-16H2,1-4H3. The first-order chi connectivity index (χ1) is 16.0. The molecule has 0 saturated carbocycles. The minimum absolute atomic E-state index is 0.197. The zero-order valence-corrected chi connectivity index (χ0v) is 20.9. The predicted molar refractivity (Wildman–Crippen MR) is 136 cm³/mol. The van der Waals surface area contributed by atoms with Gasteiger partial charge in [0.1, 0.15) is 12.3 Å². The SMILES string of the molecule is CCCN(c1ccc2c(ccn2CC(=O)OC)c1)N1CSC(C)=C1c1ccc(OC)cc1Cl. The number of nitrogens with zero attached hydrogens (tertiary/aromatic N) is 3. The van der Waals surface area contributed by atoms with Gasteiger partial charge in [0.15, 0.2) is 0 Å². The molecule has 6 nitrogen and oxygen atoms in total. The smallest absolute Gasteiger partial charge is 0.325 e. The molecule has 0 saturated heterocycles. The molecule has 0 atom stereocenters. The topological polar surface area (TPSA) is 46.9 Å². The zero-order chi connectivity index (χ0) is 23.5. The second kappa shape index (κ2) is 10.0. The largest absolute Gasteiger partial charge is 0.497 e. The summed E-state index contributed by atoms with van der Waals surface area (Å²) in [6.45, 7) is 5.38. The number of carbonyl (C=O) groups is 1. The van der Waals surface area contributed by atoms with Crippen LogP contribution in [-0.2, 0) is 16.1 Å². The minimum Gasteiger partial charge on any atom is -0.497 e. The molecular formula is C25H28ClN3O3S. The molecule has 174 valence electrons. The third kappa shape index (κ3) is 4.66. The Balaban J connectivity index is 1.71. The molecule has 4 rings (SSSR count). The van der Waals surface area contributed by atoms with Gasteiger partial charge in [-0.2, -0.15) is 0 Å². The van der Waals surface area contributed by atoms with Crippen molar-refractivity contribution >= 4 is 51.6 Å². The van der Waals surface area contributed by atoms with E-state index in [0.29, 0.717) is 5.02 Å². The van der Waals surface area contributed by atoms with E-state index in [1.165, 1.54) is 12.0 Å². The quantitative estimate of drug-likeness (QED) is 0.364. The molecule has 0 aliphatic carbocycles. The van der Waals surface area contributed by atoms with Crippen molar-refractivity contribution in [2.24, 2.45) is 0 Å². The maximum atomic E-state index is 11.7. The number of hydrogen-bond acceptors (Lipinski definition) is 6. The predicted octanol–water partition coefficient (Wildman–Crippen LogP) is 6.00. The molecule has 0 spiro atoms. The van der Waals surface area contributed by atoms with Crippen molar-refractivity contribution in [3.05, 3.63) is 64.2 Å². The number of methoxy groups -OCH3 is 2. The Kier molecular flexibility index (Phi) is 7.10. The van der Waals surface area contributed by atoms with Crippen LogP contribution in [0.3, 0.4) is 0 Å². The van der Waals surface area contributed by atoms with Crippen LogP contribution in [0.2, 0.25) is 5.02 Å². The monoisotopic (exact) mass is 485 g/mol. The maximum Gasteiger partial charge on any atom is 0.325 e. The van der Waals surface area contributed by atoms with E-state index in [9.17, 15) is 4.79 Å². The maximum absolute atomic E-state index is 11.7. The molecule has 0 amide bonds. The highest BCUT2D eigenvalue weighted by Crippen LogP contribution is 2.43. The Labute approximate surface area is 203 Å². The highest BCUT2D eigenvalue weighted by molar-refractivity contribution is 8.03. The van der Waals surface area contributed by atoms with Gasteiger partial charge < -0.3 is 14.0 Å². The van der Waals surface area contributed by atoms with Gasteiger partial charge in [0.05, 0.1) is 36.5 Å². The molecule has 8 heteroatoms. The minimum atomic E-state index is -0.264. The number of esters is 1. The van der Waals surface area contributed by atoms with E-state index >= 15 is 0 Å². The van der Waals surface area contributed by atoms with Crippen molar-refractivity contribution in [1.29, 1.82) is 0 Å². The summed E-state index contributed by atoms with van der Waals surface area (Å²) in [5.41, 5.74) is 4.20. The number of hydrogen-bond donors (Lipinski definition) is 0. The molecule has 2 heterocycles. The van der Waals surface area contributed by atoms with Crippen LogP contribution in [0.15, 0.2) is 53.6 Å². The molecule has 0 bridgehead atoms. The molecule has 1 aliphatic rings. The van der Waals surface area contributed by atoms with Gasteiger partial charge in [-0.3, -0.25) is 14.8 Å². The summed E-state index contributed by atoms with van der Waals surface area (Å²) in [7, 11) is 3.05. The third-order valence-corrected chi connectivity index (χ3v) is 7.05. The first-order valence-corrected chi connectivity index (χ1v) is 12.2. The molecule has 2 aromatic carbocycles. The second-order valence-electron chi connectivity index (χ2n) is 7.81. The molecule has 0 fully saturated rings. The van der Waals surface area contributed by atoms with Crippen molar-refractivity contribution < 1.29 is 14.3 Å². The first kappa shape index (κ1) is 23.4. The summed E-state index contributed by atoms with van der Waals surface area (Å²) >= 11 is 8.48. The van der Waals surface area contributed by atoms with E-state index in [1.54, 1.807) is 7.11 Å². The number of hydrazine groups is 1. The molecule has 0 unspecified atom stereocenters. The van der Waals surface area contributed by atoms with Crippen molar-refractivity contribution in [2.45, 2.75) is 26.8 Å². The van der Waals surface area contributed by atoms with Gasteiger partial charge in [0.2, 0.25) is 0 Å². The molecule has 1 aliphatic heterocycles. The van der Waals surface area contributed by atoms with Gasteiger partial charge in [-0.25, -0.2) is 0 Å². The van der Waals surface area contributed by atoms with Gasteiger partial charge in [-0.05, 0) is 55.8 Å². The van der Waals surface area contributed by atoms with E-state index in [0.717, 1.165) is 52.4 Å². The normalized spacial score (nSPS) is 13.7. The number of thioether (sulfide) groups is 1. The number of carbonyl (C=O) groups excluding carboxylic acids is 1. The summed E-state index contributed by atoms with van der Waals surface area (Å²) in [5, 5.41) is 6.37. The summed E-state index contributed by atoms with van der Waals surface area (Å²) < 4.78 is 12.1. The number of rotatable bonds is 8. The zero-order valence-electron chi connectivity index (χ0n) is 19.3. The molecular weight excluding hydrogens is 458 g/mol. The lowest BCUT2D eigenvalue weighted by Gasteiger charge is -2.37. The fraction of sp³-hybridized carbons (Fsp3) is 0.320. The van der Waals surface area contributed by atoms with Crippen LogP contribution in [0, 0.1) is 0 Å². The van der Waals surface area contributed by atoms with E-state index in [1.807, 2.05) is 46.8 Å². The summed E-state index contributed by atoms with van der Waals surface area (Å²) in [4.78, 5) is 13.0. The van der Waals surface area contributed by atoms with E-state index in [2.05, 4.69) is 42.1 Å². The van der Waals surface area contributed by atoms with Crippen LogP contribution in [0.4, 0.5) is 5.69 Å². The number of halogens is 1. The first-order valence-electron chi connectivity index (χ1n) is 10.8. The van der Waals surface area contributed by atoms with Crippen molar-refractivity contribution in [3.8, 4) is 5.75 Å². The van der Waals surface area contributed by atoms with Crippen LogP contribution in [0.1, 0.15) is 25.8 Å². The lowest BCUT2D eigenvalue weighted by molar-refractivity contribution is -0.141. The molecule has 1 aromatic heterocycles. The lowest BCUT2D eigenvalue weighted by atomic mass is 10.1. The van der Waals surface area contributed by atoms with Crippen molar-refractivity contribution in [1.82, 2.24) is 9.58 Å². The molecule has 0 N–H and O–H groups in total. The Hall–Kier alpha value is -2.77. The van der Waals surface area contributed by atoms with Crippen LogP contribution in [-0.4, -0.2) is 42.2 Å². The Bertz CT molecular complexity index is 1210. The van der Waals surface area contributed by atoms with Gasteiger partial charge in [0, 0.05) is 34.1 Å². The summed E-state index contributed by atoms with van der Waals surface area (Å²) in [5.74, 6) is 1.29. The Morgan fingerprint density at radius 2 is 2.00 bits per heavy atom. The van der Waals surface area contributed by atoms with Crippen molar-refractivity contribution in [2.75, 3.05) is 31.7 Å². The Morgan fingerprint density at radius 1 is 1.18 bits per heavy atom. The Morgan fingerprint density at radius 3 is 2.70 bits per heavy atom. The van der Waals surface area contributed by atoms with Crippen LogP contribution in [0.25, 0.3) is 16.6 Å². The summed E-state index contributed by atoms with van der Waals surface area (Å²) in [6, 6.07) is 14.2. The van der Waals surface area contributed by atoms with Gasteiger partial charge in [-0.1, -0.05) is 18.5 Å². The number of anilines is 1. The highest BCUT2D eigenvalue weighted by Gasteiger charge is 2.29. The molecule has 33 heavy (non-hydrogen) atoms. The van der Waals surface area contributed by atoms with Crippen molar-refractivity contribution in [3.63, 3.8) is 0 Å². The van der Waals surface area contributed by atoms with Gasteiger partial charge in [-0.15, -0.1) is 11.8 Å². The van der Waals surface area contributed by atoms with Gasteiger partial charge >= 0.3 is 5.97 Å². The third-order valence-electron chi connectivity index (χ3n) is 5.73. The van der Waals surface area contributed by atoms with Crippen LogP contribution in [0.5, 0.6) is 5.75 Å². The number of ether oxygens (including phenoxy) is 2. The number of aromatic nitrogens is 1. The summed E-state index contributed by atoms with van der Waals surface area (Å²) in [6.07, 6.45) is 2.92. The van der Waals surface area contributed by atoms with Gasteiger partial charge in [0.25, 0.3) is 0 Å². The fourth-order valence-corrected chi connectivity index (χ4v) is 5.29. The fourth-order valence-electron chi connectivity index (χ4n) is 4.10. The second-order valence-corrected chi connectivity index (χ2v) is 9.38. The molecule has 3 aromatic rings. The number of fused-ring (bicyclic) bond motifs is 1. The van der Waals surface area contributed by atoms with E-state index in [-0.39, 0.29) is 12.5 Å². The average Bonchev–Trinajstić information content (AvgIpc) is 3.40. The van der Waals surface area contributed by atoms with Crippen LogP contribution < -0.4 is 9.75 Å². The van der Waals surface area contributed by atoms with Crippen LogP contribution >= 0.6 is 23.4 Å². The number of benzene rings is 2. The average molecular weight is 486 g/mol. The molecule has 0 radical (unpaired) electrons. The number of allylic oxidation sites excluding steroid dienone is 1. The highest BCUT2D eigenvalue weighted by atomic mass is 35.5. The van der Waals surface area contributed by atoms with E-state index in [4.69, 9.17) is 21.1 Å². The van der Waals surface area contributed by atoms with E-state index < -0.39 is 0 Å².